The van der Waals surface area contributed by atoms with Crippen LogP contribution in [-0.2, 0) is 22.6 Å². The quantitative estimate of drug-likeness (QED) is 0.384. The van der Waals surface area contributed by atoms with Crippen molar-refractivity contribution in [1.29, 1.82) is 0 Å². The first-order valence-electron chi connectivity index (χ1n) is 11.0. The van der Waals surface area contributed by atoms with Crippen molar-refractivity contribution >= 4 is 35.2 Å². The summed E-state index contributed by atoms with van der Waals surface area (Å²) in [5.74, 6) is 0.0126. The molecule has 6 nitrogen and oxygen atoms in total. The van der Waals surface area contributed by atoms with Gasteiger partial charge < -0.3 is 10.6 Å². The highest BCUT2D eigenvalue weighted by Crippen LogP contribution is 2.30. The number of hydrogen-bond acceptors (Lipinski definition) is 4. The monoisotopic (exact) mass is 482 g/mol. The molecule has 1 unspecified atom stereocenters. The predicted octanol–water partition coefficient (Wildman–Crippen LogP) is 4.74. The van der Waals surface area contributed by atoms with Gasteiger partial charge in [0.2, 0.25) is 11.8 Å². The minimum atomic E-state index is -0.376. The van der Waals surface area contributed by atoms with Crippen LogP contribution >= 0.6 is 23.4 Å². The molecule has 0 spiro atoms. The molecule has 1 atom stereocenters. The van der Waals surface area contributed by atoms with Crippen LogP contribution in [-0.4, -0.2) is 33.8 Å². The number of thioether (sulfide) groups is 1. The Labute approximate surface area is 202 Å². The molecular weight excluding hydrogens is 456 g/mol. The molecule has 1 aromatic heterocycles. The van der Waals surface area contributed by atoms with Crippen LogP contribution in [0.3, 0.4) is 0 Å². The van der Waals surface area contributed by atoms with Gasteiger partial charge in [0.15, 0.2) is 0 Å². The molecule has 0 saturated carbocycles. The average molecular weight is 483 g/mol. The number of H-pyrrole nitrogens is 1. The van der Waals surface area contributed by atoms with Crippen molar-refractivity contribution in [2.45, 2.75) is 49.1 Å². The number of halogens is 1. The lowest BCUT2D eigenvalue weighted by Gasteiger charge is -2.29. The maximum atomic E-state index is 12.7. The number of nitrogens with one attached hydrogen (secondary N) is 3. The molecule has 172 valence electrons. The zero-order chi connectivity index (χ0) is 23.3. The molecule has 33 heavy (non-hydrogen) atoms. The molecule has 2 amide bonds. The van der Waals surface area contributed by atoms with Crippen LogP contribution in [0.5, 0.6) is 0 Å². The number of aromatic amines is 1. The van der Waals surface area contributed by atoms with Gasteiger partial charge in [-0.3, -0.25) is 14.7 Å². The Bertz CT molecular complexity index is 1110. The van der Waals surface area contributed by atoms with Crippen LogP contribution in [0.2, 0.25) is 5.02 Å². The third-order valence-corrected chi connectivity index (χ3v) is 7.09. The lowest BCUT2D eigenvalue weighted by atomic mass is 9.85. The number of aromatic nitrogens is 2. The van der Waals surface area contributed by atoms with E-state index in [-0.39, 0.29) is 17.4 Å². The van der Waals surface area contributed by atoms with Crippen molar-refractivity contribution in [2.24, 2.45) is 0 Å². The molecule has 0 radical (unpaired) electrons. The third-order valence-electron chi connectivity index (χ3n) is 6.09. The number of carbonyl (C=O) groups is 2. The maximum Gasteiger partial charge on any atom is 0.220 e. The van der Waals surface area contributed by atoms with Gasteiger partial charge >= 0.3 is 0 Å². The fourth-order valence-corrected chi connectivity index (χ4v) is 4.80. The number of benzene rings is 2. The molecule has 8 heteroatoms. The van der Waals surface area contributed by atoms with E-state index in [1.807, 2.05) is 30.5 Å². The number of rotatable bonds is 9. The van der Waals surface area contributed by atoms with Crippen molar-refractivity contribution in [3.63, 3.8) is 0 Å². The van der Waals surface area contributed by atoms with E-state index in [2.05, 4.69) is 45.1 Å². The van der Waals surface area contributed by atoms with Crippen LogP contribution in [0.15, 0.2) is 59.6 Å². The van der Waals surface area contributed by atoms with E-state index in [1.165, 1.54) is 10.5 Å². The van der Waals surface area contributed by atoms with Gasteiger partial charge in [0.05, 0.1) is 11.9 Å². The van der Waals surface area contributed by atoms with Crippen LogP contribution < -0.4 is 10.6 Å². The summed E-state index contributed by atoms with van der Waals surface area (Å²) in [6.07, 6.45) is 6.69. The van der Waals surface area contributed by atoms with Gasteiger partial charge in [-0.15, -0.1) is 11.8 Å². The van der Waals surface area contributed by atoms with E-state index in [4.69, 9.17) is 11.6 Å². The molecule has 2 heterocycles. The second-order valence-electron chi connectivity index (χ2n) is 8.41. The first-order chi connectivity index (χ1) is 16.0. The second-order valence-corrected chi connectivity index (χ2v) is 9.72. The van der Waals surface area contributed by atoms with Crippen molar-refractivity contribution < 1.29 is 9.59 Å². The molecule has 2 aromatic carbocycles. The highest BCUT2D eigenvalue weighted by molar-refractivity contribution is 7.98. The van der Waals surface area contributed by atoms with Crippen molar-refractivity contribution in [1.82, 2.24) is 20.8 Å². The Balaban J connectivity index is 1.35. The summed E-state index contributed by atoms with van der Waals surface area (Å²) < 4.78 is 0. The molecule has 1 saturated heterocycles. The number of hydrogen-bond donors (Lipinski definition) is 3. The van der Waals surface area contributed by atoms with E-state index < -0.39 is 0 Å². The van der Waals surface area contributed by atoms with Gasteiger partial charge in [-0.1, -0.05) is 35.9 Å². The van der Waals surface area contributed by atoms with E-state index in [0.717, 1.165) is 29.7 Å². The van der Waals surface area contributed by atoms with Gasteiger partial charge in [0.25, 0.3) is 0 Å². The lowest BCUT2D eigenvalue weighted by Crippen LogP contribution is -2.44. The SMILES string of the molecule is CSc1ccc(CC2(CCC(=O)NCc3cn[nH]c3-c3ccc(Cl)cc3)CCC(=O)N2)cc1. The Kier molecular flexibility index (Phi) is 7.40. The molecule has 4 rings (SSSR count). The van der Waals surface area contributed by atoms with E-state index in [0.29, 0.717) is 30.8 Å². The summed E-state index contributed by atoms with van der Waals surface area (Å²) in [6, 6.07) is 15.9. The van der Waals surface area contributed by atoms with Crippen LogP contribution in [0.25, 0.3) is 11.3 Å². The van der Waals surface area contributed by atoms with E-state index in [9.17, 15) is 9.59 Å². The van der Waals surface area contributed by atoms with Crippen molar-refractivity contribution in [3.8, 4) is 11.3 Å². The first-order valence-corrected chi connectivity index (χ1v) is 12.6. The van der Waals surface area contributed by atoms with Gasteiger partial charge in [-0.05, 0) is 60.9 Å². The summed E-state index contributed by atoms with van der Waals surface area (Å²) in [5, 5.41) is 13.9. The molecular formula is C25H27ClN4O2S. The maximum absolute atomic E-state index is 12.7. The predicted molar refractivity (Wildman–Crippen MR) is 132 cm³/mol. The average Bonchev–Trinajstić information content (AvgIpc) is 3.44. The summed E-state index contributed by atoms with van der Waals surface area (Å²) in [4.78, 5) is 25.9. The highest BCUT2D eigenvalue weighted by Gasteiger charge is 2.37. The molecule has 1 aliphatic rings. The van der Waals surface area contributed by atoms with Crippen molar-refractivity contribution in [3.05, 3.63) is 70.9 Å². The summed E-state index contributed by atoms with van der Waals surface area (Å²) in [5.41, 5.74) is 3.52. The molecule has 3 aromatic rings. The molecule has 1 fully saturated rings. The lowest BCUT2D eigenvalue weighted by molar-refractivity contribution is -0.122. The summed E-state index contributed by atoms with van der Waals surface area (Å²) >= 11 is 7.68. The minimum absolute atomic E-state index is 0.0449. The topological polar surface area (TPSA) is 86.9 Å². The fourth-order valence-electron chi connectivity index (χ4n) is 4.26. The molecule has 0 bridgehead atoms. The molecule has 3 N–H and O–H groups in total. The van der Waals surface area contributed by atoms with Gasteiger partial charge in [-0.25, -0.2) is 0 Å². The second kappa shape index (κ2) is 10.4. The largest absolute Gasteiger partial charge is 0.352 e. The van der Waals surface area contributed by atoms with Crippen LogP contribution in [0.4, 0.5) is 0 Å². The van der Waals surface area contributed by atoms with Gasteiger partial charge in [0.1, 0.15) is 0 Å². The van der Waals surface area contributed by atoms with Crippen LogP contribution in [0, 0.1) is 0 Å². The number of nitrogens with zero attached hydrogens (tertiary/aromatic N) is 1. The highest BCUT2D eigenvalue weighted by atomic mass is 35.5. The fraction of sp³-hybridized carbons (Fsp3) is 0.320. The Morgan fingerprint density at radius 2 is 1.94 bits per heavy atom. The standard InChI is InChI=1S/C25H27ClN4O2S/c1-33-21-8-2-17(3-9-21)14-25(13-11-23(32)29-25)12-10-22(31)27-15-19-16-28-30-24(19)18-4-6-20(26)7-5-18/h2-9,16H,10-15H2,1H3,(H,27,31)(H,28,30)(H,29,32). The Morgan fingerprint density at radius 3 is 2.61 bits per heavy atom. The first kappa shape index (κ1) is 23.4. The van der Waals surface area contributed by atoms with Gasteiger partial charge in [-0.2, -0.15) is 5.10 Å². The number of amides is 2. The summed E-state index contributed by atoms with van der Waals surface area (Å²) in [7, 11) is 0. The van der Waals surface area contributed by atoms with Crippen molar-refractivity contribution in [2.75, 3.05) is 6.26 Å². The summed E-state index contributed by atoms with van der Waals surface area (Å²) in [6.45, 7) is 0.378. The molecule has 1 aliphatic heterocycles. The number of carbonyl (C=O) groups excluding carboxylic acids is 2. The smallest absolute Gasteiger partial charge is 0.220 e. The van der Waals surface area contributed by atoms with Gasteiger partial charge in [0, 0.05) is 40.4 Å². The Morgan fingerprint density at radius 1 is 1.18 bits per heavy atom. The zero-order valence-electron chi connectivity index (χ0n) is 18.5. The van der Waals surface area contributed by atoms with Crippen LogP contribution in [0.1, 0.15) is 36.8 Å². The zero-order valence-corrected chi connectivity index (χ0v) is 20.1. The van der Waals surface area contributed by atoms with E-state index >= 15 is 0 Å². The van der Waals surface area contributed by atoms with E-state index in [1.54, 1.807) is 18.0 Å². The minimum Gasteiger partial charge on any atom is -0.352 e. The molecule has 0 aliphatic carbocycles. The third kappa shape index (κ3) is 5.97. The Hall–Kier alpha value is -2.77. The normalized spacial score (nSPS) is 17.7.